The molecule has 1 aromatic rings. The van der Waals surface area contributed by atoms with Gasteiger partial charge in [-0.2, -0.15) is 13.2 Å². The molecule has 0 unspecified atom stereocenters. The van der Waals surface area contributed by atoms with Crippen molar-refractivity contribution < 1.29 is 33.3 Å². The Balaban J connectivity index is 2.66. The number of phenols is 2. The van der Waals surface area contributed by atoms with E-state index in [1.54, 1.807) is 0 Å². The minimum Gasteiger partial charge on any atom is -0.504 e. The Hall–Kier alpha value is -1.92. The van der Waals surface area contributed by atoms with Crippen LogP contribution in [0.5, 0.6) is 11.5 Å². The molecule has 0 bridgehead atoms. The second-order valence-corrected chi connectivity index (χ2v) is 4.27. The van der Waals surface area contributed by atoms with Crippen LogP contribution in [-0.4, -0.2) is 21.3 Å². The Morgan fingerprint density at radius 2 is 1.67 bits per heavy atom. The molecular weight excluding hydrogens is 253 g/mol. The summed E-state index contributed by atoms with van der Waals surface area (Å²) in [6.45, 7) is 0. The molecule has 0 spiro atoms. The first-order valence-electron chi connectivity index (χ1n) is 5.05. The fourth-order valence-electron chi connectivity index (χ4n) is 1.93. The van der Waals surface area contributed by atoms with E-state index in [4.69, 9.17) is 10.2 Å². The van der Waals surface area contributed by atoms with Gasteiger partial charge in [-0.25, -0.2) is 0 Å². The molecule has 0 saturated heterocycles. The van der Waals surface area contributed by atoms with Crippen LogP contribution in [0.1, 0.15) is 24.0 Å². The van der Waals surface area contributed by atoms with Crippen LogP contribution in [0.4, 0.5) is 13.2 Å². The fraction of sp³-hybridized carbons (Fsp3) is 0.364. The highest BCUT2D eigenvalue weighted by molar-refractivity contribution is 5.86. The van der Waals surface area contributed by atoms with Crippen molar-refractivity contribution in [3.05, 3.63) is 23.3 Å². The van der Waals surface area contributed by atoms with Gasteiger partial charge in [0, 0.05) is 0 Å². The molecule has 18 heavy (non-hydrogen) atoms. The summed E-state index contributed by atoms with van der Waals surface area (Å²) < 4.78 is 38.4. The predicted molar refractivity (Wildman–Crippen MR) is 53.3 cm³/mol. The molecule has 1 aliphatic rings. The molecule has 2 rings (SSSR count). The zero-order valence-electron chi connectivity index (χ0n) is 8.95. The number of carbonyl (C=O) groups is 1. The molecule has 1 saturated carbocycles. The highest BCUT2D eigenvalue weighted by Crippen LogP contribution is 2.53. The van der Waals surface area contributed by atoms with Gasteiger partial charge in [-0.3, -0.25) is 4.79 Å². The van der Waals surface area contributed by atoms with Crippen molar-refractivity contribution in [2.45, 2.75) is 24.4 Å². The summed E-state index contributed by atoms with van der Waals surface area (Å²) in [5, 5.41) is 27.4. The SMILES string of the molecule is O=C(O)C1(c2cc(O)c(O)cc2C(F)(F)F)CC1. The minimum absolute atomic E-state index is 0.0790. The van der Waals surface area contributed by atoms with Crippen molar-refractivity contribution in [1.29, 1.82) is 0 Å². The molecule has 0 aliphatic heterocycles. The maximum atomic E-state index is 12.8. The van der Waals surface area contributed by atoms with Gasteiger partial charge in [0.05, 0.1) is 11.0 Å². The summed E-state index contributed by atoms with van der Waals surface area (Å²) in [6.07, 6.45) is -4.63. The zero-order valence-corrected chi connectivity index (χ0v) is 8.95. The van der Waals surface area contributed by atoms with Crippen LogP contribution < -0.4 is 0 Å². The summed E-state index contributed by atoms with van der Waals surface area (Å²) >= 11 is 0. The third-order valence-corrected chi connectivity index (χ3v) is 3.10. The molecule has 1 aliphatic carbocycles. The summed E-state index contributed by atoms with van der Waals surface area (Å²) in [7, 11) is 0. The lowest BCUT2D eigenvalue weighted by Gasteiger charge is -2.18. The van der Waals surface area contributed by atoms with Crippen molar-refractivity contribution >= 4 is 5.97 Å². The predicted octanol–water partition coefficient (Wildman–Crippen LogP) is 2.23. The molecule has 0 amide bonds. The van der Waals surface area contributed by atoms with Gasteiger partial charge in [0.25, 0.3) is 0 Å². The van der Waals surface area contributed by atoms with E-state index in [1.807, 2.05) is 0 Å². The second-order valence-electron chi connectivity index (χ2n) is 4.27. The van der Waals surface area contributed by atoms with Gasteiger partial charge in [-0.1, -0.05) is 0 Å². The van der Waals surface area contributed by atoms with Gasteiger partial charge in [-0.15, -0.1) is 0 Å². The highest BCUT2D eigenvalue weighted by atomic mass is 19.4. The molecule has 98 valence electrons. The standard InChI is InChI=1S/C11H9F3O4/c12-11(13,14)6-4-8(16)7(15)3-5(6)10(1-2-10)9(17)18/h3-4,15-16H,1-2H2,(H,17,18). The molecule has 7 heteroatoms. The van der Waals surface area contributed by atoms with Gasteiger partial charge < -0.3 is 15.3 Å². The number of hydrogen-bond acceptors (Lipinski definition) is 3. The van der Waals surface area contributed by atoms with Crippen LogP contribution in [0.25, 0.3) is 0 Å². The third kappa shape index (κ3) is 1.75. The molecule has 0 heterocycles. The Labute approximate surface area is 99.3 Å². The van der Waals surface area contributed by atoms with E-state index in [-0.39, 0.29) is 12.8 Å². The molecule has 3 N–H and O–H groups in total. The topological polar surface area (TPSA) is 77.8 Å². The quantitative estimate of drug-likeness (QED) is 0.714. The van der Waals surface area contributed by atoms with Crippen molar-refractivity contribution in [2.75, 3.05) is 0 Å². The van der Waals surface area contributed by atoms with E-state index in [0.29, 0.717) is 12.1 Å². The van der Waals surface area contributed by atoms with Crippen molar-refractivity contribution in [3.63, 3.8) is 0 Å². The number of rotatable bonds is 2. The molecule has 1 fully saturated rings. The summed E-state index contributed by atoms with van der Waals surface area (Å²) in [6, 6.07) is 1.03. The first kappa shape index (κ1) is 12.5. The normalized spacial score (nSPS) is 17.5. The third-order valence-electron chi connectivity index (χ3n) is 3.10. The maximum absolute atomic E-state index is 12.8. The van der Waals surface area contributed by atoms with Crippen molar-refractivity contribution in [2.24, 2.45) is 0 Å². The van der Waals surface area contributed by atoms with Crippen LogP contribution in [-0.2, 0) is 16.4 Å². The molecule has 1 aromatic carbocycles. The van der Waals surface area contributed by atoms with Crippen molar-refractivity contribution in [3.8, 4) is 11.5 Å². The monoisotopic (exact) mass is 262 g/mol. The second kappa shape index (κ2) is 3.54. The lowest BCUT2D eigenvalue weighted by Crippen LogP contribution is -2.24. The Kier molecular flexibility index (Phi) is 2.46. The number of hydrogen-bond donors (Lipinski definition) is 3. The Bertz CT molecular complexity index is 518. The van der Waals surface area contributed by atoms with E-state index in [9.17, 15) is 23.1 Å². The zero-order chi connectivity index (χ0) is 13.7. The van der Waals surface area contributed by atoms with Crippen LogP contribution in [0.2, 0.25) is 0 Å². The number of phenolic OH excluding ortho intramolecular Hbond substituents is 2. The van der Waals surface area contributed by atoms with E-state index < -0.39 is 40.2 Å². The summed E-state index contributed by atoms with van der Waals surface area (Å²) in [5.74, 6) is -3.05. The average molecular weight is 262 g/mol. The molecule has 0 aromatic heterocycles. The van der Waals surface area contributed by atoms with Gasteiger partial charge >= 0.3 is 12.1 Å². The highest BCUT2D eigenvalue weighted by Gasteiger charge is 2.55. The number of carboxylic acids is 1. The molecule has 4 nitrogen and oxygen atoms in total. The Morgan fingerprint density at radius 1 is 1.17 bits per heavy atom. The van der Waals surface area contributed by atoms with Gasteiger partial charge in [0.2, 0.25) is 0 Å². The van der Waals surface area contributed by atoms with Gasteiger partial charge in [0.1, 0.15) is 0 Å². The van der Waals surface area contributed by atoms with Gasteiger partial charge in [0.15, 0.2) is 11.5 Å². The molecule has 0 atom stereocenters. The van der Waals surface area contributed by atoms with Crippen LogP contribution in [0, 0.1) is 0 Å². The van der Waals surface area contributed by atoms with Crippen molar-refractivity contribution in [1.82, 2.24) is 0 Å². The van der Waals surface area contributed by atoms with Gasteiger partial charge in [-0.05, 0) is 30.5 Å². The number of aromatic hydroxyl groups is 2. The summed E-state index contributed by atoms with van der Waals surface area (Å²) in [5.41, 5.74) is -3.33. The first-order chi connectivity index (χ1) is 8.18. The largest absolute Gasteiger partial charge is 0.504 e. The van der Waals surface area contributed by atoms with Crippen LogP contribution in [0.3, 0.4) is 0 Å². The van der Waals surface area contributed by atoms with E-state index >= 15 is 0 Å². The van der Waals surface area contributed by atoms with Crippen LogP contribution >= 0.6 is 0 Å². The number of aliphatic carboxylic acids is 1. The minimum atomic E-state index is -4.79. The Morgan fingerprint density at radius 3 is 2.06 bits per heavy atom. The smallest absolute Gasteiger partial charge is 0.416 e. The van der Waals surface area contributed by atoms with E-state index in [1.165, 1.54) is 0 Å². The number of halogens is 3. The first-order valence-corrected chi connectivity index (χ1v) is 5.05. The number of alkyl halides is 3. The fourth-order valence-corrected chi connectivity index (χ4v) is 1.93. The van der Waals surface area contributed by atoms with Crippen LogP contribution in [0.15, 0.2) is 12.1 Å². The average Bonchev–Trinajstić information content (AvgIpc) is 3.00. The lowest BCUT2D eigenvalue weighted by molar-refractivity contribution is -0.142. The molecule has 0 radical (unpaired) electrons. The van der Waals surface area contributed by atoms with E-state index in [2.05, 4.69) is 0 Å². The lowest BCUT2D eigenvalue weighted by atomic mass is 9.90. The number of carboxylic acid groups (broad SMARTS) is 1. The van der Waals surface area contributed by atoms with E-state index in [0.717, 1.165) is 0 Å². The molecular formula is C11H9F3O4. The summed E-state index contributed by atoms with van der Waals surface area (Å²) in [4.78, 5) is 11.0. The maximum Gasteiger partial charge on any atom is 0.416 e. The number of benzene rings is 1.